The Morgan fingerprint density at radius 1 is 1.82 bits per heavy atom. The number of hydrogen-bond acceptors (Lipinski definition) is 3. The highest BCUT2D eigenvalue weighted by Gasteiger charge is 2.42. The topological polar surface area (TPSA) is 55.8 Å². The molecule has 64 valence electrons. The lowest BCUT2D eigenvalue weighted by Gasteiger charge is -2.18. The van der Waals surface area contributed by atoms with Crippen LogP contribution in [0.4, 0.5) is 0 Å². The van der Waals surface area contributed by atoms with E-state index in [-0.39, 0.29) is 6.29 Å². The smallest absolute Gasteiger partial charge is 0.335 e. The maximum atomic E-state index is 10.6. The molecule has 0 saturated carbocycles. The molecule has 1 fully saturated rings. The number of carboxylic acid groups (broad SMARTS) is 1. The van der Waals surface area contributed by atoms with Crippen LogP contribution in [-0.4, -0.2) is 30.1 Å². The van der Waals surface area contributed by atoms with Gasteiger partial charge in [0.1, 0.15) is 0 Å². The lowest BCUT2D eigenvalue weighted by Crippen LogP contribution is -2.35. The third-order valence-electron chi connectivity index (χ3n) is 1.96. The molecule has 1 saturated heterocycles. The molecule has 1 heterocycles. The number of carboxylic acids is 1. The van der Waals surface area contributed by atoms with Crippen molar-refractivity contribution in [1.29, 1.82) is 0 Å². The second kappa shape index (κ2) is 2.79. The van der Waals surface area contributed by atoms with Crippen molar-refractivity contribution in [2.45, 2.75) is 31.7 Å². The number of hydrogen-bond donors (Lipinski definition) is 1. The molecule has 0 aliphatic carbocycles. The molecule has 4 nitrogen and oxygen atoms in total. The Labute approximate surface area is 65.1 Å². The van der Waals surface area contributed by atoms with Crippen LogP contribution in [0.5, 0.6) is 0 Å². The van der Waals surface area contributed by atoms with Crippen LogP contribution in [0.3, 0.4) is 0 Å². The lowest BCUT2D eigenvalue weighted by atomic mass is 10.0. The summed E-state index contributed by atoms with van der Waals surface area (Å²) in [7, 11) is 1.51. The quantitative estimate of drug-likeness (QED) is 0.643. The van der Waals surface area contributed by atoms with Crippen LogP contribution in [0.1, 0.15) is 19.8 Å². The Morgan fingerprint density at radius 2 is 2.45 bits per heavy atom. The van der Waals surface area contributed by atoms with E-state index in [1.807, 2.05) is 0 Å². The summed E-state index contributed by atoms with van der Waals surface area (Å²) < 4.78 is 10.0. The van der Waals surface area contributed by atoms with Gasteiger partial charge in [0.05, 0.1) is 0 Å². The standard InChI is InChI=1S/C7H12O4/c1-7(6(8)9)4-3-5(10-2)11-7/h5H,3-4H2,1-2H3,(H,8,9). The fourth-order valence-corrected chi connectivity index (χ4v) is 1.12. The summed E-state index contributed by atoms with van der Waals surface area (Å²) in [6, 6.07) is 0. The first-order valence-electron chi connectivity index (χ1n) is 3.52. The number of rotatable bonds is 2. The van der Waals surface area contributed by atoms with Crippen molar-refractivity contribution in [2.24, 2.45) is 0 Å². The Balaban J connectivity index is 2.57. The van der Waals surface area contributed by atoms with Crippen LogP contribution in [-0.2, 0) is 14.3 Å². The molecule has 4 heteroatoms. The molecule has 1 rings (SSSR count). The van der Waals surface area contributed by atoms with Gasteiger partial charge < -0.3 is 14.6 Å². The second-order valence-corrected chi connectivity index (χ2v) is 2.86. The van der Waals surface area contributed by atoms with Gasteiger partial charge in [-0.05, 0) is 13.3 Å². The molecule has 1 aliphatic rings. The first-order valence-corrected chi connectivity index (χ1v) is 3.52. The molecule has 0 spiro atoms. The zero-order chi connectivity index (χ0) is 8.48. The highest BCUT2D eigenvalue weighted by atomic mass is 16.7. The molecule has 1 N–H and O–H groups in total. The SMILES string of the molecule is COC1CCC(C)(C(=O)O)O1. The third kappa shape index (κ3) is 1.52. The van der Waals surface area contributed by atoms with Crippen molar-refractivity contribution in [3.05, 3.63) is 0 Å². The zero-order valence-electron chi connectivity index (χ0n) is 6.66. The minimum absolute atomic E-state index is 0.351. The van der Waals surface area contributed by atoms with Gasteiger partial charge in [-0.25, -0.2) is 4.79 Å². The Morgan fingerprint density at radius 3 is 2.73 bits per heavy atom. The van der Waals surface area contributed by atoms with Gasteiger partial charge in [-0.2, -0.15) is 0 Å². The van der Waals surface area contributed by atoms with Crippen molar-refractivity contribution in [1.82, 2.24) is 0 Å². The van der Waals surface area contributed by atoms with Crippen molar-refractivity contribution in [3.8, 4) is 0 Å². The first kappa shape index (κ1) is 8.49. The van der Waals surface area contributed by atoms with Crippen LogP contribution in [0.15, 0.2) is 0 Å². The second-order valence-electron chi connectivity index (χ2n) is 2.86. The minimum atomic E-state index is -1.04. The molecule has 0 aromatic carbocycles. The van der Waals surface area contributed by atoms with E-state index in [9.17, 15) is 4.79 Å². The van der Waals surface area contributed by atoms with Crippen molar-refractivity contribution in [2.75, 3.05) is 7.11 Å². The van der Waals surface area contributed by atoms with Crippen LogP contribution in [0, 0.1) is 0 Å². The van der Waals surface area contributed by atoms with E-state index in [1.165, 1.54) is 7.11 Å². The molecule has 11 heavy (non-hydrogen) atoms. The number of methoxy groups -OCH3 is 1. The molecular formula is C7H12O4. The van der Waals surface area contributed by atoms with Gasteiger partial charge in [-0.1, -0.05) is 0 Å². The van der Waals surface area contributed by atoms with E-state index in [4.69, 9.17) is 14.6 Å². The molecule has 0 radical (unpaired) electrons. The minimum Gasteiger partial charge on any atom is -0.479 e. The van der Waals surface area contributed by atoms with E-state index >= 15 is 0 Å². The molecule has 0 aromatic heterocycles. The van der Waals surface area contributed by atoms with Crippen molar-refractivity contribution >= 4 is 5.97 Å². The van der Waals surface area contributed by atoms with Crippen molar-refractivity contribution < 1.29 is 19.4 Å². The highest BCUT2D eigenvalue weighted by molar-refractivity contribution is 5.77. The summed E-state index contributed by atoms with van der Waals surface area (Å²) in [4.78, 5) is 10.6. The average molecular weight is 160 g/mol. The van der Waals surface area contributed by atoms with Gasteiger partial charge in [0.15, 0.2) is 11.9 Å². The van der Waals surface area contributed by atoms with Crippen LogP contribution >= 0.6 is 0 Å². The van der Waals surface area contributed by atoms with Gasteiger partial charge in [-0.15, -0.1) is 0 Å². The largest absolute Gasteiger partial charge is 0.479 e. The molecule has 0 bridgehead atoms. The Kier molecular flexibility index (Phi) is 2.15. The number of aliphatic carboxylic acids is 1. The Bertz CT molecular complexity index is 168. The maximum absolute atomic E-state index is 10.6. The summed E-state index contributed by atoms with van der Waals surface area (Å²) in [6.07, 6.45) is 0.816. The molecule has 1 aliphatic heterocycles. The average Bonchev–Trinajstić information content (AvgIpc) is 2.33. The lowest BCUT2D eigenvalue weighted by molar-refractivity contribution is -0.183. The van der Waals surface area contributed by atoms with Gasteiger partial charge in [-0.3, -0.25) is 0 Å². The monoisotopic (exact) mass is 160 g/mol. The van der Waals surface area contributed by atoms with Crippen LogP contribution in [0.2, 0.25) is 0 Å². The molecule has 2 atom stereocenters. The summed E-state index contributed by atoms with van der Waals surface area (Å²) in [5.41, 5.74) is -1.04. The third-order valence-corrected chi connectivity index (χ3v) is 1.96. The summed E-state index contributed by atoms with van der Waals surface area (Å²) in [5, 5.41) is 8.71. The zero-order valence-corrected chi connectivity index (χ0v) is 6.66. The fourth-order valence-electron chi connectivity index (χ4n) is 1.12. The van der Waals surface area contributed by atoms with Gasteiger partial charge in [0, 0.05) is 13.5 Å². The van der Waals surface area contributed by atoms with Crippen molar-refractivity contribution in [3.63, 3.8) is 0 Å². The molecule has 0 aromatic rings. The number of ether oxygens (including phenoxy) is 2. The highest BCUT2D eigenvalue weighted by Crippen LogP contribution is 2.30. The fraction of sp³-hybridized carbons (Fsp3) is 0.857. The normalized spacial score (nSPS) is 37.5. The maximum Gasteiger partial charge on any atom is 0.335 e. The summed E-state index contributed by atoms with van der Waals surface area (Å²) >= 11 is 0. The summed E-state index contributed by atoms with van der Waals surface area (Å²) in [6.45, 7) is 1.56. The number of carbonyl (C=O) groups is 1. The summed E-state index contributed by atoms with van der Waals surface area (Å²) in [5.74, 6) is -0.919. The molecular weight excluding hydrogens is 148 g/mol. The van der Waals surface area contributed by atoms with Crippen LogP contribution in [0.25, 0.3) is 0 Å². The van der Waals surface area contributed by atoms with E-state index in [2.05, 4.69) is 0 Å². The first-order chi connectivity index (χ1) is 5.08. The predicted octanol–water partition coefficient (Wildman–Crippen LogP) is 0.613. The molecule has 0 amide bonds. The molecule has 2 unspecified atom stereocenters. The van der Waals surface area contributed by atoms with E-state index < -0.39 is 11.6 Å². The predicted molar refractivity (Wildman–Crippen MR) is 37.2 cm³/mol. The van der Waals surface area contributed by atoms with Gasteiger partial charge in [0.25, 0.3) is 0 Å². The Hall–Kier alpha value is -0.610. The van der Waals surface area contributed by atoms with E-state index in [1.54, 1.807) is 6.92 Å². The van der Waals surface area contributed by atoms with Crippen LogP contribution < -0.4 is 0 Å². The van der Waals surface area contributed by atoms with Gasteiger partial charge >= 0.3 is 5.97 Å². The van der Waals surface area contributed by atoms with Gasteiger partial charge in [0.2, 0.25) is 0 Å². The van der Waals surface area contributed by atoms with E-state index in [0.717, 1.165) is 0 Å². The van der Waals surface area contributed by atoms with E-state index in [0.29, 0.717) is 12.8 Å².